The molecule has 1 N–H and O–H groups in total. The van der Waals surface area contributed by atoms with Crippen LogP contribution < -0.4 is 10.1 Å². The highest BCUT2D eigenvalue weighted by molar-refractivity contribution is 5.40. The third kappa shape index (κ3) is 3.69. The quantitative estimate of drug-likeness (QED) is 0.902. The molecule has 1 aromatic carbocycles. The van der Waals surface area contributed by atoms with E-state index in [1.165, 1.54) is 0 Å². The minimum atomic E-state index is 0.563. The lowest BCUT2D eigenvalue weighted by Gasteiger charge is -2.09. The van der Waals surface area contributed by atoms with Crippen LogP contribution in [0.4, 0.5) is 5.82 Å². The molecule has 102 valence electrons. The van der Waals surface area contributed by atoms with Gasteiger partial charge in [0.2, 0.25) is 5.88 Å². The number of anilines is 1. The smallest absolute Gasteiger partial charge is 0.218 e. The molecule has 0 amide bonds. The molecule has 5 heteroatoms. The number of aryl methyl sites for hydroxylation is 1. The van der Waals surface area contributed by atoms with E-state index in [4.69, 9.17) is 10.00 Å². The second-order valence-electron chi connectivity index (χ2n) is 4.24. The molecule has 0 aliphatic rings. The molecular formula is C15H16N4O. The Morgan fingerprint density at radius 1 is 1.30 bits per heavy atom. The molecule has 2 aromatic rings. The van der Waals surface area contributed by atoms with E-state index in [1.807, 2.05) is 32.0 Å². The largest absolute Gasteiger partial charge is 0.478 e. The molecule has 0 bridgehead atoms. The maximum absolute atomic E-state index is 8.87. The van der Waals surface area contributed by atoms with Crippen molar-refractivity contribution in [3.63, 3.8) is 0 Å². The van der Waals surface area contributed by atoms with Crippen molar-refractivity contribution >= 4 is 5.82 Å². The van der Waals surface area contributed by atoms with Crippen LogP contribution in [0.25, 0.3) is 0 Å². The number of hydrogen-bond donors (Lipinski definition) is 1. The fourth-order valence-electron chi connectivity index (χ4n) is 1.80. The second kappa shape index (κ2) is 6.53. The summed E-state index contributed by atoms with van der Waals surface area (Å²) in [5.74, 6) is 1.93. The van der Waals surface area contributed by atoms with Gasteiger partial charge in [-0.2, -0.15) is 10.2 Å². The molecule has 1 aromatic heterocycles. The van der Waals surface area contributed by atoms with Crippen LogP contribution >= 0.6 is 0 Å². The van der Waals surface area contributed by atoms with Crippen molar-refractivity contribution in [3.8, 4) is 11.9 Å². The molecule has 0 saturated heterocycles. The minimum Gasteiger partial charge on any atom is -0.478 e. The van der Waals surface area contributed by atoms with Crippen LogP contribution in [-0.2, 0) is 6.54 Å². The van der Waals surface area contributed by atoms with Crippen LogP contribution in [0.3, 0.4) is 0 Å². The maximum Gasteiger partial charge on any atom is 0.218 e. The van der Waals surface area contributed by atoms with Gasteiger partial charge < -0.3 is 10.1 Å². The Hall–Kier alpha value is -2.61. The number of aromatic nitrogens is 2. The van der Waals surface area contributed by atoms with Gasteiger partial charge in [0.05, 0.1) is 18.2 Å². The second-order valence-corrected chi connectivity index (χ2v) is 4.24. The highest BCUT2D eigenvalue weighted by Gasteiger charge is 2.03. The standard InChI is InChI=1S/C15H16N4O/c1-3-20-15-8-14(18-11(2)19-15)17-10-13-6-4-5-12(7-13)9-16/h4-8H,3,10H2,1-2H3,(H,17,18,19). The zero-order valence-corrected chi connectivity index (χ0v) is 11.6. The van der Waals surface area contributed by atoms with Crippen molar-refractivity contribution in [3.05, 3.63) is 47.3 Å². The lowest BCUT2D eigenvalue weighted by molar-refractivity contribution is 0.325. The lowest BCUT2D eigenvalue weighted by Crippen LogP contribution is -2.05. The molecule has 0 spiro atoms. The third-order valence-electron chi connectivity index (χ3n) is 2.64. The summed E-state index contributed by atoms with van der Waals surface area (Å²) in [5, 5.41) is 12.1. The summed E-state index contributed by atoms with van der Waals surface area (Å²) in [7, 11) is 0. The average Bonchev–Trinajstić information content (AvgIpc) is 2.45. The van der Waals surface area contributed by atoms with Crippen LogP contribution in [0.15, 0.2) is 30.3 Å². The summed E-state index contributed by atoms with van der Waals surface area (Å²) >= 11 is 0. The van der Waals surface area contributed by atoms with E-state index in [0.717, 1.165) is 5.56 Å². The first kappa shape index (κ1) is 13.8. The van der Waals surface area contributed by atoms with Gasteiger partial charge in [-0.25, -0.2) is 4.98 Å². The fourth-order valence-corrected chi connectivity index (χ4v) is 1.80. The number of hydrogen-bond acceptors (Lipinski definition) is 5. The molecular weight excluding hydrogens is 252 g/mol. The maximum atomic E-state index is 8.87. The van der Waals surface area contributed by atoms with Crippen molar-refractivity contribution in [2.45, 2.75) is 20.4 Å². The average molecular weight is 268 g/mol. The summed E-state index contributed by atoms with van der Waals surface area (Å²) in [5.41, 5.74) is 1.68. The van der Waals surface area contributed by atoms with Gasteiger partial charge in [-0.05, 0) is 31.5 Å². The van der Waals surface area contributed by atoms with Gasteiger partial charge in [-0.3, -0.25) is 0 Å². The molecule has 0 atom stereocenters. The Labute approximate surface area is 118 Å². The van der Waals surface area contributed by atoms with Crippen molar-refractivity contribution < 1.29 is 4.74 Å². The van der Waals surface area contributed by atoms with Crippen molar-refractivity contribution in [1.29, 1.82) is 5.26 Å². The monoisotopic (exact) mass is 268 g/mol. The predicted octanol–water partition coefficient (Wildman–Crippen LogP) is 2.67. The Morgan fingerprint density at radius 3 is 2.90 bits per heavy atom. The SMILES string of the molecule is CCOc1cc(NCc2cccc(C#N)c2)nc(C)n1. The summed E-state index contributed by atoms with van der Waals surface area (Å²) in [6, 6.07) is 11.4. The Balaban J connectivity index is 2.08. The Kier molecular flexibility index (Phi) is 4.51. The molecule has 5 nitrogen and oxygen atoms in total. The van der Waals surface area contributed by atoms with Crippen molar-refractivity contribution in [2.75, 3.05) is 11.9 Å². The van der Waals surface area contributed by atoms with Gasteiger partial charge in [0.15, 0.2) is 0 Å². The summed E-state index contributed by atoms with van der Waals surface area (Å²) in [6.07, 6.45) is 0. The first-order valence-corrected chi connectivity index (χ1v) is 6.42. The third-order valence-corrected chi connectivity index (χ3v) is 2.64. The van der Waals surface area contributed by atoms with E-state index in [1.54, 1.807) is 12.1 Å². The highest BCUT2D eigenvalue weighted by Crippen LogP contribution is 2.14. The van der Waals surface area contributed by atoms with Gasteiger partial charge in [0.25, 0.3) is 0 Å². The molecule has 1 heterocycles. The van der Waals surface area contributed by atoms with Gasteiger partial charge >= 0.3 is 0 Å². The number of nitriles is 1. The summed E-state index contributed by atoms with van der Waals surface area (Å²) in [4.78, 5) is 8.50. The van der Waals surface area contributed by atoms with E-state index >= 15 is 0 Å². The van der Waals surface area contributed by atoms with E-state index in [2.05, 4.69) is 21.4 Å². The van der Waals surface area contributed by atoms with Crippen LogP contribution in [0.2, 0.25) is 0 Å². The number of ether oxygens (including phenoxy) is 1. The number of rotatable bonds is 5. The van der Waals surface area contributed by atoms with E-state index in [9.17, 15) is 0 Å². The molecule has 0 unspecified atom stereocenters. The lowest BCUT2D eigenvalue weighted by atomic mass is 10.1. The number of nitrogens with one attached hydrogen (secondary N) is 1. The minimum absolute atomic E-state index is 0.563. The zero-order chi connectivity index (χ0) is 14.4. The highest BCUT2D eigenvalue weighted by atomic mass is 16.5. The van der Waals surface area contributed by atoms with Gasteiger partial charge in [-0.15, -0.1) is 0 Å². The Morgan fingerprint density at radius 2 is 2.15 bits per heavy atom. The topological polar surface area (TPSA) is 70.8 Å². The molecule has 0 saturated carbocycles. The van der Waals surface area contributed by atoms with E-state index in [0.29, 0.717) is 36.2 Å². The first-order valence-electron chi connectivity index (χ1n) is 6.42. The molecule has 20 heavy (non-hydrogen) atoms. The van der Waals surface area contributed by atoms with Gasteiger partial charge in [0.1, 0.15) is 11.6 Å². The normalized spacial score (nSPS) is 9.85. The van der Waals surface area contributed by atoms with Crippen LogP contribution in [0, 0.1) is 18.3 Å². The predicted molar refractivity (Wildman–Crippen MR) is 76.4 cm³/mol. The van der Waals surface area contributed by atoms with E-state index < -0.39 is 0 Å². The number of benzene rings is 1. The van der Waals surface area contributed by atoms with Crippen molar-refractivity contribution in [1.82, 2.24) is 9.97 Å². The zero-order valence-electron chi connectivity index (χ0n) is 11.6. The van der Waals surface area contributed by atoms with Crippen molar-refractivity contribution in [2.24, 2.45) is 0 Å². The summed E-state index contributed by atoms with van der Waals surface area (Å²) in [6.45, 7) is 4.90. The molecule has 2 rings (SSSR count). The summed E-state index contributed by atoms with van der Waals surface area (Å²) < 4.78 is 5.38. The molecule has 0 aliphatic carbocycles. The molecule has 0 radical (unpaired) electrons. The molecule has 0 aliphatic heterocycles. The van der Waals surface area contributed by atoms with Crippen LogP contribution in [-0.4, -0.2) is 16.6 Å². The van der Waals surface area contributed by atoms with Crippen LogP contribution in [0.1, 0.15) is 23.9 Å². The Bertz CT molecular complexity index is 634. The van der Waals surface area contributed by atoms with Gasteiger partial charge in [0, 0.05) is 12.6 Å². The fraction of sp³-hybridized carbons (Fsp3) is 0.267. The van der Waals surface area contributed by atoms with E-state index in [-0.39, 0.29) is 0 Å². The molecule has 0 fully saturated rings. The first-order chi connectivity index (χ1) is 9.71. The van der Waals surface area contributed by atoms with Gasteiger partial charge in [-0.1, -0.05) is 12.1 Å². The number of nitrogens with zero attached hydrogens (tertiary/aromatic N) is 3. The van der Waals surface area contributed by atoms with Crippen LogP contribution in [0.5, 0.6) is 5.88 Å².